The van der Waals surface area contributed by atoms with Crippen molar-refractivity contribution in [2.24, 2.45) is 0 Å². The molecule has 0 amide bonds. The van der Waals surface area contributed by atoms with E-state index in [2.05, 4.69) is 36.9 Å². The van der Waals surface area contributed by atoms with Crippen LogP contribution in [0.2, 0.25) is 0 Å². The maximum absolute atomic E-state index is 4.63. The molecule has 0 bridgehead atoms. The van der Waals surface area contributed by atoms with Crippen molar-refractivity contribution in [3.8, 4) is 0 Å². The lowest BCUT2D eigenvalue weighted by Crippen LogP contribution is -2.26. The predicted octanol–water partition coefficient (Wildman–Crippen LogP) is 2.77. The Bertz CT molecular complexity index is 93.6. The summed E-state index contributed by atoms with van der Waals surface area (Å²) in [6.45, 7) is 4.41. The van der Waals surface area contributed by atoms with Crippen LogP contribution in [0.1, 0.15) is 46.0 Å². The molecule has 0 aliphatic rings. The molecule has 1 N–H and O–H groups in total. The minimum atomic E-state index is 0.567. The zero-order valence-electron chi connectivity index (χ0n) is 7.52. The number of nitrogens with one attached hydrogen (secondary N) is 1. The van der Waals surface area contributed by atoms with Crippen LogP contribution in [0.25, 0.3) is 0 Å². The molecule has 0 fully saturated rings. The predicted molar refractivity (Wildman–Crippen MR) is 54.0 cm³/mol. The van der Waals surface area contributed by atoms with E-state index in [0.717, 1.165) is 0 Å². The highest BCUT2D eigenvalue weighted by molar-refractivity contribution is 7.78. The van der Waals surface area contributed by atoms with Crippen molar-refractivity contribution in [1.82, 2.24) is 5.32 Å². The average molecular weight is 172 g/mol. The molecule has 0 aromatic rings. The molecule has 0 aliphatic heterocycles. The molecule has 1 radical (unpaired) electrons. The van der Waals surface area contributed by atoms with E-state index < -0.39 is 0 Å². The summed E-state index contributed by atoms with van der Waals surface area (Å²) in [5.41, 5.74) is 2.59. The molecule has 1 atom stereocenters. The third-order valence-corrected chi connectivity index (χ3v) is 1.92. The summed E-state index contributed by atoms with van der Waals surface area (Å²) >= 11 is 4.63. The summed E-state index contributed by atoms with van der Waals surface area (Å²) in [6, 6.07) is 0.567. The Kier molecular flexibility index (Phi) is 7.91. The van der Waals surface area contributed by atoms with Crippen molar-refractivity contribution in [2.75, 3.05) is 0 Å². The van der Waals surface area contributed by atoms with Crippen molar-refractivity contribution in [3.63, 3.8) is 0 Å². The number of hydrogen-bond acceptors (Lipinski definition) is 1. The fourth-order valence-corrected chi connectivity index (χ4v) is 1.34. The molecule has 1 unspecified atom stereocenters. The minimum absolute atomic E-state index is 0.567. The van der Waals surface area contributed by atoms with Gasteiger partial charge in [0.1, 0.15) is 5.49 Å². The molecule has 0 aliphatic carbocycles. The van der Waals surface area contributed by atoms with Crippen LogP contribution >= 0.6 is 12.2 Å². The second-order valence-electron chi connectivity index (χ2n) is 2.87. The van der Waals surface area contributed by atoms with Gasteiger partial charge in [0.25, 0.3) is 0 Å². The maximum atomic E-state index is 4.63. The third kappa shape index (κ3) is 6.29. The van der Waals surface area contributed by atoms with Crippen LogP contribution in [0, 0.1) is 0 Å². The second kappa shape index (κ2) is 7.99. The van der Waals surface area contributed by atoms with Gasteiger partial charge in [0.15, 0.2) is 0 Å². The van der Waals surface area contributed by atoms with Crippen molar-refractivity contribution in [3.05, 3.63) is 0 Å². The van der Waals surface area contributed by atoms with Gasteiger partial charge in [-0.25, -0.2) is 0 Å². The molecule has 1 nitrogen and oxygen atoms in total. The number of thiocarbonyl (C=S) groups is 1. The van der Waals surface area contributed by atoms with Crippen molar-refractivity contribution >= 4 is 17.7 Å². The van der Waals surface area contributed by atoms with Gasteiger partial charge in [-0.1, -0.05) is 45.3 Å². The minimum Gasteiger partial charge on any atom is -0.371 e. The van der Waals surface area contributed by atoms with Gasteiger partial charge in [-0.15, -0.1) is 0 Å². The SMILES string of the molecule is CCCCC(CCC)N[C]=S. The normalized spacial score (nSPS) is 12.5. The van der Waals surface area contributed by atoms with E-state index in [1.54, 1.807) is 0 Å². The first-order valence-electron chi connectivity index (χ1n) is 4.47. The Morgan fingerprint density at radius 3 is 2.45 bits per heavy atom. The topological polar surface area (TPSA) is 12.0 Å². The summed E-state index contributed by atoms with van der Waals surface area (Å²) in [6.07, 6.45) is 6.21. The number of rotatable bonds is 7. The van der Waals surface area contributed by atoms with E-state index in [1.165, 1.54) is 32.1 Å². The Balaban J connectivity index is 3.41. The Labute approximate surface area is 75.6 Å². The van der Waals surface area contributed by atoms with E-state index in [0.29, 0.717) is 6.04 Å². The molecule has 0 spiro atoms. The zero-order chi connectivity index (χ0) is 8.53. The highest BCUT2D eigenvalue weighted by Crippen LogP contribution is 2.05. The monoisotopic (exact) mass is 172 g/mol. The van der Waals surface area contributed by atoms with E-state index in [1.807, 2.05) is 0 Å². The number of unbranched alkanes of at least 4 members (excludes halogenated alkanes) is 1. The average Bonchev–Trinajstić information content (AvgIpc) is 2.01. The van der Waals surface area contributed by atoms with Gasteiger partial charge in [-0.2, -0.15) is 0 Å². The number of hydrogen-bond donors (Lipinski definition) is 1. The largest absolute Gasteiger partial charge is 0.371 e. The van der Waals surface area contributed by atoms with Crippen LogP contribution in [0.15, 0.2) is 0 Å². The standard InChI is InChI=1S/C9H18NS/c1-3-5-7-9(6-4-2)10-8-11/h9H,3-7H2,1-2H3,(H,10,11). The summed E-state index contributed by atoms with van der Waals surface area (Å²) in [5, 5.41) is 3.08. The van der Waals surface area contributed by atoms with Crippen LogP contribution in [-0.4, -0.2) is 11.5 Å². The lowest BCUT2D eigenvalue weighted by Gasteiger charge is -2.14. The molecule has 0 rings (SSSR count). The lowest BCUT2D eigenvalue weighted by atomic mass is 10.1. The summed E-state index contributed by atoms with van der Waals surface area (Å²) in [4.78, 5) is 0. The second-order valence-corrected chi connectivity index (χ2v) is 3.08. The lowest BCUT2D eigenvalue weighted by molar-refractivity contribution is 0.500. The maximum Gasteiger partial charge on any atom is 0.134 e. The van der Waals surface area contributed by atoms with Crippen LogP contribution in [0.5, 0.6) is 0 Å². The first kappa shape index (κ1) is 10.9. The third-order valence-electron chi connectivity index (χ3n) is 1.81. The molecule has 0 aromatic heterocycles. The molecule has 0 saturated carbocycles. The first-order valence-corrected chi connectivity index (χ1v) is 4.88. The molecule has 0 heterocycles. The highest BCUT2D eigenvalue weighted by Gasteiger charge is 2.03. The molecule has 65 valence electrons. The van der Waals surface area contributed by atoms with Gasteiger partial charge in [0, 0.05) is 6.04 Å². The van der Waals surface area contributed by atoms with Crippen LogP contribution in [0.3, 0.4) is 0 Å². The van der Waals surface area contributed by atoms with Crippen molar-refractivity contribution in [2.45, 2.75) is 52.0 Å². The smallest absolute Gasteiger partial charge is 0.134 e. The van der Waals surface area contributed by atoms with E-state index in [9.17, 15) is 0 Å². The van der Waals surface area contributed by atoms with E-state index >= 15 is 0 Å². The first-order chi connectivity index (χ1) is 5.35. The van der Waals surface area contributed by atoms with E-state index in [-0.39, 0.29) is 0 Å². The van der Waals surface area contributed by atoms with Crippen molar-refractivity contribution < 1.29 is 0 Å². The van der Waals surface area contributed by atoms with Gasteiger partial charge in [0.2, 0.25) is 0 Å². The molecular formula is C9H18NS. The highest BCUT2D eigenvalue weighted by atomic mass is 32.1. The Hall–Kier alpha value is -0.110. The van der Waals surface area contributed by atoms with Crippen LogP contribution in [-0.2, 0) is 0 Å². The van der Waals surface area contributed by atoms with E-state index in [4.69, 9.17) is 0 Å². The summed E-state index contributed by atoms with van der Waals surface area (Å²) in [7, 11) is 0. The van der Waals surface area contributed by atoms with Gasteiger partial charge in [-0.3, -0.25) is 0 Å². The van der Waals surface area contributed by atoms with Gasteiger partial charge < -0.3 is 5.32 Å². The fourth-order valence-electron chi connectivity index (χ4n) is 1.17. The van der Waals surface area contributed by atoms with Crippen molar-refractivity contribution in [1.29, 1.82) is 0 Å². The van der Waals surface area contributed by atoms with Crippen LogP contribution in [0.4, 0.5) is 0 Å². The Morgan fingerprint density at radius 1 is 1.27 bits per heavy atom. The fraction of sp³-hybridized carbons (Fsp3) is 0.889. The molecule has 0 aromatic carbocycles. The van der Waals surface area contributed by atoms with Crippen LogP contribution < -0.4 is 5.32 Å². The summed E-state index contributed by atoms with van der Waals surface area (Å²) < 4.78 is 0. The molecule has 11 heavy (non-hydrogen) atoms. The molecule has 0 saturated heterocycles. The van der Waals surface area contributed by atoms with Gasteiger partial charge >= 0.3 is 0 Å². The zero-order valence-corrected chi connectivity index (χ0v) is 8.34. The Morgan fingerprint density at radius 2 is 2.00 bits per heavy atom. The van der Waals surface area contributed by atoms with Gasteiger partial charge in [0.05, 0.1) is 0 Å². The molecular weight excluding hydrogens is 154 g/mol. The quantitative estimate of drug-likeness (QED) is 0.468. The van der Waals surface area contributed by atoms with Gasteiger partial charge in [-0.05, 0) is 12.8 Å². The summed E-state index contributed by atoms with van der Waals surface area (Å²) in [5.74, 6) is 0. The molecule has 2 heteroatoms.